The minimum atomic E-state index is -0.299. The average molecular weight is 259 g/mol. The van der Waals surface area contributed by atoms with Gasteiger partial charge in [-0.2, -0.15) is 5.10 Å². The van der Waals surface area contributed by atoms with Crippen molar-refractivity contribution in [2.75, 3.05) is 11.9 Å². The summed E-state index contributed by atoms with van der Waals surface area (Å²) < 4.78 is 6.72. The maximum absolute atomic E-state index is 11.6. The molecule has 0 aliphatic rings. The fraction of sp³-hybridized carbons (Fsp3) is 0.286. The lowest BCUT2D eigenvalue weighted by atomic mass is 10.2. The van der Waals surface area contributed by atoms with Crippen molar-refractivity contribution in [2.45, 2.75) is 13.5 Å². The summed E-state index contributed by atoms with van der Waals surface area (Å²) in [5, 5.41) is 7.35. The number of nitrogens with one attached hydrogen (secondary N) is 1. The Morgan fingerprint density at radius 3 is 3.00 bits per heavy atom. The molecule has 5 heteroatoms. The molecule has 1 heterocycles. The van der Waals surface area contributed by atoms with E-state index in [2.05, 4.69) is 10.4 Å². The van der Waals surface area contributed by atoms with E-state index in [9.17, 15) is 4.79 Å². The van der Waals surface area contributed by atoms with Crippen LogP contribution in [0, 0.1) is 0 Å². The van der Waals surface area contributed by atoms with Gasteiger partial charge in [-0.25, -0.2) is 4.79 Å². The molecule has 0 bridgehead atoms. The number of nitrogens with zero attached hydrogens (tertiary/aromatic N) is 2. The van der Waals surface area contributed by atoms with Gasteiger partial charge in [-0.15, -0.1) is 0 Å². The van der Waals surface area contributed by atoms with Crippen LogP contribution in [0.25, 0.3) is 0 Å². The molecule has 0 saturated carbocycles. The Labute approximate surface area is 112 Å². The first-order valence-corrected chi connectivity index (χ1v) is 6.17. The maximum Gasteiger partial charge on any atom is 0.338 e. The number of ether oxygens (including phenoxy) is 1. The number of carbonyl (C=O) groups excluding carboxylic acids is 1. The Balaban J connectivity index is 2.00. The van der Waals surface area contributed by atoms with E-state index in [0.717, 1.165) is 11.3 Å². The molecule has 0 atom stereocenters. The quantitative estimate of drug-likeness (QED) is 0.836. The van der Waals surface area contributed by atoms with Gasteiger partial charge < -0.3 is 10.1 Å². The lowest BCUT2D eigenvalue weighted by Crippen LogP contribution is -2.05. The second-order valence-electron chi connectivity index (χ2n) is 4.18. The number of aryl methyl sites for hydroxylation is 1. The molecule has 100 valence electrons. The number of anilines is 1. The fourth-order valence-electron chi connectivity index (χ4n) is 1.74. The molecule has 0 spiro atoms. The molecule has 1 N–H and O–H groups in total. The van der Waals surface area contributed by atoms with Gasteiger partial charge in [0.15, 0.2) is 0 Å². The van der Waals surface area contributed by atoms with Crippen molar-refractivity contribution in [3.63, 3.8) is 0 Å². The minimum Gasteiger partial charge on any atom is -0.462 e. The predicted octanol–water partition coefficient (Wildman–Crippen LogP) is 2.21. The average Bonchev–Trinajstić information content (AvgIpc) is 2.83. The van der Waals surface area contributed by atoms with Crippen molar-refractivity contribution in [3.05, 3.63) is 47.8 Å². The SMILES string of the molecule is CCOC(=O)c1cccc(NCc2cnn(C)c2)c1. The van der Waals surface area contributed by atoms with E-state index in [0.29, 0.717) is 18.7 Å². The van der Waals surface area contributed by atoms with Crippen LogP contribution in [-0.4, -0.2) is 22.4 Å². The summed E-state index contributed by atoms with van der Waals surface area (Å²) in [6, 6.07) is 7.28. The van der Waals surface area contributed by atoms with Gasteiger partial charge >= 0.3 is 5.97 Å². The second-order valence-corrected chi connectivity index (χ2v) is 4.18. The van der Waals surface area contributed by atoms with E-state index >= 15 is 0 Å². The monoisotopic (exact) mass is 259 g/mol. The van der Waals surface area contributed by atoms with Crippen molar-refractivity contribution in [2.24, 2.45) is 7.05 Å². The molecular formula is C14H17N3O2. The first kappa shape index (κ1) is 13.1. The largest absolute Gasteiger partial charge is 0.462 e. The van der Waals surface area contributed by atoms with Crippen LogP contribution in [0.4, 0.5) is 5.69 Å². The number of esters is 1. The predicted molar refractivity (Wildman–Crippen MR) is 72.9 cm³/mol. The van der Waals surface area contributed by atoms with Crippen molar-refractivity contribution in [3.8, 4) is 0 Å². The Morgan fingerprint density at radius 2 is 2.32 bits per heavy atom. The third-order valence-electron chi connectivity index (χ3n) is 2.63. The van der Waals surface area contributed by atoms with Crippen LogP contribution in [0.15, 0.2) is 36.7 Å². The molecule has 0 unspecified atom stereocenters. The normalized spacial score (nSPS) is 10.2. The summed E-state index contributed by atoms with van der Waals surface area (Å²) in [7, 11) is 1.88. The van der Waals surface area contributed by atoms with Gasteiger partial charge in [0.25, 0.3) is 0 Å². The highest BCUT2D eigenvalue weighted by molar-refractivity contribution is 5.90. The van der Waals surface area contributed by atoms with Gasteiger partial charge in [0, 0.05) is 31.0 Å². The molecule has 0 saturated heterocycles. The van der Waals surface area contributed by atoms with Gasteiger partial charge in [-0.3, -0.25) is 4.68 Å². The third kappa shape index (κ3) is 3.58. The van der Waals surface area contributed by atoms with E-state index in [1.807, 2.05) is 31.6 Å². The third-order valence-corrected chi connectivity index (χ3v) is 2.63. The van der Waals surface area contributed by atoms with Crippen LogP contribution in [0.2, 0.25) is 0 Å². The van der Waals surface area contributed by atoms with Crippen LogP contribution >= 0.6 is 0 Å². The molecular weight excluding hydrogens is 242 g/mol. The van der Waals surface area contributed by atoms with Crippen LogP contribution in [-0.2, 0) is 18.3 Å². The summed E-state index contributed by atoms with van der Waals surface area (Å²) in [6.45, 7) is 2.84. The molecule has 0 fully saturated rings. The lowest BCUT2D eigenvalue weighted by Gasteiger charge is -2.07. The molecule has 0 aliphatic carbocycles. The van der Waals surface area contributed by atoms with Crippen molar-refractivity contribution < 1.29 is 9.53 Å². The highest BCUT2D eigenvalue weighted by Crippen LogP contribution is 2.13. The smallest absolute Gasteiger partial charge is 0.338 e. The first-order valence-electron chi connectivity index (χ1n) is 6.17. The highest BCUT2D eigenvalue weighted by Gasteiger charge is 2.06. The summed E-state index contributed by atoms with van der Waals surface area (Å²) in [5.74, 6) is -0.299. The number of hydrogen-bond donors (Lipinski definition) is 1. The summed E-state index contributed by atoms with van der Waals surface area (Å²) >= 11 is 0. The second kappa shape index (κ2) is 6.04. The molecule has 0 amide bonds. The van der Waals surface area contributed by atoms with E-state index in [1.165, 1.54) is 0 Å². The molecule has 19 heavy (non-hydrogen) atoms. The molecule has 1 aromatic carbocycles. The molecule has 0 aliphatic heterocycles. The van der Waals surface area contributed by atoms with Crippen molar-refractivity contribution in [1.29, 1.82) is 0 Å². The van der Waals surface area contributed by atoms with Gasteiger partial charge in [0.1, 0.15) is 0 Å². The van der Waals surface area contributed by atoms with Crippen LogP contribution in [0.1, 0.15) is 22.8 Å². The van der Waals surface area contributed by atoms with Crippen LogP contribution in [0.3, 0.4) is 0 Å². The number of rotatable bonds is 5. The summed E-state index contributed by atoms with van der Waals surface area (Å²) in [5.41, 5.74) is 2.52. The topological polar surface area (TPSA) is 56.1 Å². The molecule has 2 aromatic rings. The van der Waals surface area contributed by atoms with E-state index < -0.39 is 0 Å². The fourth-order valence-corrected chi connectivity index (χ4v) is 1.74. The van der Waals surface area contributed by atoms with Gasteiger partial charge in [-0.05, 0) is 25.1 Å². The Morgan fingerprint density at radius 1 is 1.47 bits per heavy atom. The van der Waals surface area contributed by atoms with E-state index in [4.69, 9.17) is 4.74 Å². The number of hydrogen-bond acceptors (Lipinski definition) is 4. The van der Waals surface area contributed by atoms with Crippen molar-refractivity contribution in [1.82, 2.24) is 9.78 Å². The minimum absolute atomic E-state index is 0.299. The van der Waals surface area contributed by atoms with Crippen molar-refractivity contribution >= 4 is 11.7 Å². The zero-order valence-electron chi connectivity index (χ0n) is 11.1. The van der Waals surface area contributed by atoms with Crippen LogP contribution in [0.5, 0.6) is 0 Å². The number of carbonyl (C=O) groups is 1. The van der Waals surface area contributed by atoms with E-state index in [-0.39, 0.29) is 5.97 Å². The first-order chi connectivity index (χ1) is 9.19. The summed E-state index contributed by atoms with van der Waals surface area (Å²) in [6.07, 6.45) is 3.75. The maximum atomic E-state index is 11.6. The van der Waals surface area contributed by atoms with Crippen LogP contribution < -0.4 is 5.32 Å². The van der Waals surface area contributed by atoms with E-state index in [1.54, 1.807) is 23.7 Å². The van der Waals surface area contributed by atoms with Gasteiger partial charge in [0.05, 0.1) is 18.4 Å². The molecule has 1 aromatic heterocycles. The lowest BCUT2D eigenvalue weighted by molar-refractivity contribution is 0.0526. The zero-order chi connectivity index (χ0) is 13.7. The molecule has 5 nitrogen and oxygen atoms in total. The zero-order valence-corrected chi connectivity index (χ0v) is 11.1. The summed E-state index contributed by atoms with van der Waals surface area (Å²) in [4.78, 5) is 11.6. The Kier molecular flexibility index (Phi) is 4.18. The molecule has 2 rings (SSSR count). The molecule has 0 radical (unpaired) electrons. The Bertz CT molecular complexity index is 563. The Hall–Kier alpha value is -2.30. The standard InChI is InChI=1S/C14H17N3O2/c1-3-19-14(18)12-5-4-6-13(7-12)15-8-11-9-16-17(2)10-11/h4-7,9-10,15H,3,8H2,1-2H3. The van der Waals surface area contributed by atoms with Gasteiger partial charge in [0.2, 0.25) is 0 Å². The highest BCUT2D eigenvalue weighted by atomic mass is 16.5. The van der Waals surface area contributed by atoms with Gasteiger partial charge in [-0.1, -0.05) is 6.07 Å². The number of aromatic nitrogens is 2. The number of benzene rings is 1.